The Bertz CT molecular complexity index is 1470. The van der Waals surface area contributed by atoms with Gasteiger partial charge < -0.3 is 10.2 Å². The lowest BCUT2D eigenvalue weighted by atomic mass is 10.0. The van der Waals surface area contributed by atoms with Crippen LogP contribution >= 0.6 is 12.3 Å². The molecular weight excluding hydrogens is 481 g/mol. The van der Waals surface area contributed by atoms with Crippen molar-refractivity contribution in [2.45, 2.75) is 26.8 Å². The fourth-order valence-corrected chi connectivity index (χ4v) is 4.32. The van der Waals surface area contributed by atoms with Crippen LogP contribution in [-0.2, 0) is 4.79 Å². The number of nitrogens with one attached hydrogen (secondary N) is 1. The second kappa shape index (κ2) is 10.7. The minimum absolute atomic E-state index is 0.0906. The van der Waals surface area contributed by atoms with Crippen LogP contribution in [0.15, 0.2) is 48.9 Å². The van der Waals surface area contributed by atoms with Gasteiger partial charge in [-0.25, -0.2) is 13.9 Å². The molecule has 4 aromatic rings. The number of aromatic nitrogens is 4. The number of pyridine rings is 1. The van der Waals surface area contributed by atoms with Crippen molar-refractivity contribution in [2.75, 3.05) is 13.1 Å². The SMILES string of the molecule is CC.C[C@@H](NC(=O)c1cn(SF)c2ncc(-c3nccc4ccccc34)nc12)C(=O)N1CC(C#N)C1. The molecule has 1 aliphatic heterocycles. The maximum absolute atomic E-state index is 13.6. The van der Waals surface area contributed by atoms with Crippen LogP contribution in [0.3, 0.4) is 0 Å². The van der Waals surface area contributed by atoms with Crippen LogP contribution < -0.4 is 5.32 Å². The summed E-state index contributed by atoms with van der Waals surface area (Å²) in [4.78, 5) is 40.5. The number of likely N-dealkylation sites (tertiary alicyclic amines) is 1. The number of amides is 2. The van der Waals surface area contributed by atoms with E-state index >= 15 is 0 Å². The molecular formula is C25H24FN7O2S. The number of benzene rings is 1. The molecule has 1 N–H and O–H groups in total. The van der Waals surface area contributed by atoms with Crippen molar-refractivity contribution >= 4 is 46.1 Å². The molecule has 184 valence electrons. The molecule has 0 bridgehead atoms. The maximum atomic E-state index is 13.6. The van der Waals surface area contributed by atoms with Gasteiger partial charge in [0.25, 0.3) is 5.91 Å². The first-order chi connectivity index (χ1) is 17.5. The summed E-state index contributed by atoms with van der Waals surface area (Å²) in [7, 11) is 0. The Morgan fingerprint density at radius 3 is 2.69 bits per heavy atom. The molecule has 5 rings (SSSR count). The van der Waals surface area contributed by atoms with E-state index in [0.29, 0.717) is 24.5 Å². The third kappa shape index (κ3) is 4.59. The number of hydrogen-bond acceptors (Lipinski definition) is 7. The van der Waals surface area contributed by atoms with E-state index in [9.17, 15) is 13.5 Å². The quantitative estimate of drug-likeness (QED) is 0.433. The zero-order valence-corrected chi connectivity index (χ0v) is 20.8. The molecule has 2 amide bonds. The highest BCUT2D eigenvalue weighted by Gasteiger charge is 2.34. The standard InChI is InChI=1S/C23H18FN7O2S.C2H6/c1-13(23(33)30-10-14(8-25)11-30)28-22(32)17-12-31(34-24)21-20(17)29-18(9-27-21)19-16-5-3-2-4-15(16)6-7-26-19;1-2/h2-7,9,12-14H,10-11H2,1H3,(H,28,32);1-2H3/t13-;/m1./s1. The predicted molar refractivity (Wildman–Crippen MR) is 136 cm³/mol. The zero-order chi connectivity index (χ0) is 25.8. The number of hydrogen-bond donors (Lipinski definition) is 1. The van der Waals surface area contributed by atoms with E-state index in [1.807, 2.05) is 44.2 Å². The average Bonchev–Trinajstić information content (AvgIpc) is 3.27. The molecule has 11 heteroatoms. The summed E-state index contributed by atoms with van der Waals surface area (Å²) in [6, 6.07) is 10.9. The summed E-state index contributed by atoms with van der Waals surface area (Å²) in [5.41, 5.74) is 1.50. The van der Waals surface area contributed by atoms with Crippen LogP contribution in [-0.4, -0.2) is 54.8 Å². The topological polar surface area (TPSA) is 117 Å². The third-order valence-corrected chi connectivity index (χ3v) is 6.22. The van der Waals surface area contributed by atoms with Gasteiger partial charge in [0.15, 0.2) is 18.0 Å². The molecule has 4 heterocycles. The first-order valence-electron chi connectivity index (χ1n) is 11.5. The normalized spacial score (nSPS) is 13.9. The van der Waals surface area contributed by atoms with E-state index in [4.69, 9.17) is 5.26 Å². The second-order valence-electron chi connectivity index (χ2n) is 8.01. The molecule has 1 aliphatic rings. The highest BCUT2D eigenvalue weighted by atomic mass is 32.2. The Morgan fingerprint density at radius 1 is 1.22 bits per heavy atom. The first kappa shape index (κ1) is 25.1. The molecule has 3 aromatic heterocycles. The summed E-state index contributed by atoms with van der Waals surface area (Å²) in [5.74, 6) is -1.04. The minimum atomic E-state index is -0.820. The van der Waals surface area contributed by atoms with Crippen molar-refractivity contribution in [3.63, 3.8) is 0 Å². The first-order valence-corrected chi connectivity index (χ1v) is 12.2. The Hall–Kier alpha value is -4.04. The molecule has 36 heavy (non-hydrogen) atoms. The monoisotopic (exact) mass is 505 g/mol. The van der Waals surface area contributed by atoms with Gasteiger partial charge in [-0.1, -0.05) is 38.1 Å². The third-order valence-electron chi connectivity index (χ3n) is 5.79. The van der Waals surface area contributed by atoms with Crippen molar-refractivity contribution in [2.24, 2.45) is 5.92 Å². The zero-order valence-electron chi connectivity index (χ0n) is 20.0. The molecule has 1 fully saturated rings. The summed E-state index contributed by atoms with van der Waals surface area (Å²) in [6.45, 7) is 6.26. The van der Waals surface area contributed by atoms with Gasteiger partial charge in [0.1, 0.15) is 17.3 Å². The van der Waals surface area contributed by atoms with Gasteiger partial charge >= 0.3 is 0 Å². The summed E-state index contributed by atoms with van der Waals surface area (Å²) < 4.78 is 14.7. The molecule has 0 spiro atoms. The van der Waals surface area contributed by atoms with Gasteiger partial charge in [0, 0.05) is 30.9 Å². The molecule has 0 saturated carbocycles. The van der Waals surface area contributed by atoms with Gasteiger partial charge in [0.05, 0.1) is 29.4 Å². The van der Waals surface area contributed by atoms with Gasteiger partial charge in [-0.15, -0.1) is 3.89 Å². The van der Waals surface area contributed by atoms with Gasteiger partial charge in [-0.2, -0.15) is 5.26 Å². The Morgan fingerprint density at radius 2 is 1.97 bits per heavy atom. The number of halogens is 1. The number of fused-ring (bicyclic) bond motifs is 2. The smallest absolute Gasteiger partial charge is 0.255 e. The van der Waals surface area contributed by atoms with Crippen LogP contribution in [0.4, 0.5) is 3.89 Å². The number of rotatable bonds is 5. The van der Waals surface area contributed by atoms with Crippen molar-refractivity contribution in [1.29, 1.82) is 5.26 Å². The fourth-order valence-electron chi connectivity index (χ4n) is 3.97. The van der Waals surface area contributed by atoms with E-state index < -0.39 is 11.9 Å². The fraction of sp³-hybridized carbons (Fsp3) is 0.280. The van der Waals surface area contributed by atoms with E-state index in [1.54, 1.807) is 13.1 Å². The van der Waals surface area contributed by atoms with Gasteiger partial charge in [0.2, 0.25) is 5.91 Å². The average molecular weight is 506 g/mol. The van der Waals surface area contributed by atoms with E-state index in [1.165, 1.54) is 17.3 Å². The lowest BCUT2D eigenvalue weighted by Gasteiger charge is -2.37. The molecule has 9 nitrogen and oxygen atoms in total. The van der Waals surface area contributed by atoms with Gasteiger partial charge in [-0.05, 0) is 18.4 Å². The Kier molecular flexibility index (Phi) is 7.45. The van der Waals surface area contributed by atoms with Crippen LogP contribution in [0.25, 0.3) is 33.3 Å². The molecule has 1 aromatic carbocycles. The molecule has 1 atom stereocenters. The maximum Gasteiger partial charge on any atom is 0.255 e. The Balaban J connectivity index is 0.00000148. The molecule has 1 saturated heterocycles. The largest absolute Gasteiger partial charge is 0.340 e. The molecule has 0 radical (unpaired) electrons. The number of nitrogens with zero attached hydrogens (tertiary/aromatic N) is 6. The number of carbonyl (C=O) groups excluding carboxylic acids is 2. The Labute approximate surface area is 211 Å². The molecule has 0 aliphatic carbocycles. The van der Waals surface area contributed by atoms with E-state index in [0.717, 1.165) is 14.7 Å². The van der Waals surface area contributed by atoms with Crippen molar-refractivity contribution in [1.82, 2.24) is 29.1 Å². The predicted octanol–water partition coefficient (Wildman–Crippen LogP) is 4.15. The molecule has 0 unspecified atom stereocenters. The van der Waals surface area contributed by atoms with Crippen molar-refractivity contribution in [3.8, 4) is 17.5 Å². The van der Waals surface area contributed by atoms with Crippen LogP contribution in [0.2, 0.25) is 0 Å². The lowest BCUT2D eigenvalue weighted by Crippen LogP contribution is -2.55. The number of nitriles is 1. The van der Waals surface area contributed by atoms with Crippen molar-refractivity contribution in [3.05, 3.63) is 54.5 Å². The second-order valence-corrected chi connectivity index (χ2v) is 8.54. The minimum Gasteiger partial charge on any atom is -0.340 e. The van der Waals surface area contributed by atoms with Crippen LogP contribution in [0.1, 0.15) is 31.1 Å². The van der Waals surface area contributed by atoms with Crippen LogP contribution in [0.5, 0.6) is 0 Å². The summed E-state index contributed by atoms with van der Waals surface area (Å²) >= 11 is -0.101. The number of carbonyl (C=O) groups is 2. The van der Waals surface area contributed by atoms with E-state index in [-0.39, 0.29) is 40.9 Å². The highest BCUT2D eigenvalue weighted by molar-refractivity contribution is 7.92. The van der Waals surface area contributed by atoms with E-state index in [2.05, 4.69) is 26.3 Å². The van der Waals surface area contributed by atoms with Crippen molar-refractivity contribution < 1.29 is 13.5 Å². The summed E-state index contributed by atoms with van der Waals surface area (Å²) in [5, 5.41) is 13.4. The lowest BCUT2D eigenvalue weighted by molar-refractivity contribution is -0.137. The van der Waals surface area contributed by atoms with Crippen LogP contribution in [0, 0.1) is 17.2 Å². The highest BCUT2D eigenvalue weighted by Crippen LogP contribution is 2.29. The summed E-state index contributed by atoms with van der Waals surface area (Å²) in [6.07, 6.45) is 4.46. The van der Waals surface area contributed by atoms with Gasteiger partial charge in [-0.3, -0.25) is 14.6 Å².